The van der Waals surface area contributed by atoms with Gasteiger partial charge < -0.3 is 20.4 Å². The summed E-state index contributed by atoms with van der Waals surface area (Å²) in [6.45, 7) is 3.30. The Morgan fingerprint density at radius 2 is 2.04 bits per heavy atom. The number of benzene rings is 1. The van der Waals surface area contributed by atoms with Crippen LogP contribution in [0.25, 0.3) is 10.9 Å². The van der Waals surface area contributed by atoms with Crippen LogP contribution in [0.15, 0.2) is 30.5 Å². The van der Waals surface area contributed by atoms with E-state index in [1.165, 1.54) is 13.8 Å². The van der Waals surface area contributed by atoms with Gasteiger partial charge in [0.25, 0.3) is 5.91 Å². The smallest absolute Gasteiger partial charge is 0.329 e. The number of nitrogens with zero attached hydrogens (tertiary/aromatic N) is 1. The number of urea groups is 1. The van der Waals surface area contributed by atoms with Crippen LogP contribution in [-0.4, -0.2) is 58.9 Å². The average Bonchev–Trinajstić information content (AvgIpc) is 3.26. The van der Waals surface area contributed by atoms with Gasteiger partial charge in [0.15, 0.2) is 6.10 Å². The first-order valence-corrected chi connectivity index (χ1v) is 8.98. The van der Waals surface area contributed by atoms with E-state index in [0.717, 1.165) is 21.4 Å². The Morgan fingerprint density at radius 3 is 2.71 bits per heavy atom. The summed E-state index contributed by atoms with van der Waals surface area (Å²) < 4.78 is 5.26. The maximum absolute atomic E-state index is 12.6. The number of para-hydroxylation sites is 1. The molecule has 1 aliphatic rings. The van der Waals surface area contributed by atoms with E-state index in [9.17, 15) is 19.2 Å². The molecule has 0 unspecified atom stereocenters. The topological polar surface area (TPSA) is 121 Å². The number of imide groups is 1. The van der Waals surface area contributed by atoms with Crippen LogP contribution in [0.4, 0.5) is 4.79 Å². The van der Waals surface area contributed by atoms with Crippen molar-refractivity contribution in [3.63, 3.8) is 0 Å². The third-order valence-corrected chi connectivity index (χ3v) is 4.52. The van der Waals surface area contributed by atoms with Gasteiger partial charge in [-0.25, -0.2) is 9.59 Å². The highest BCUT2D eigenvalue weighted by Crippen LogP contribution is 2.19. The SMILES string of the molecule is CC(=O)N[C@@H](Cc1c[nH]c2ccccc12)C(=O)O[C@@H](C)C(=O)N1CCNC1=O. The van der Waals surface area contributed by atoms with Crippen LogP contribution in [0.1, 0.15) is 19.4 Å². The Bertz CT molecular complexity index is 922. The molecule has 1 aromatic heterocycles. The Kier molecular flexibility index (Phi) is 5.62. The predicted molar refractivity (Wildman–Crippen MR) is 100 cm³/mol. The number of carbonyl (C=O) groups excluding carboxylic acids is 4. The molecule has 1 aromatic carbocycles. The normalized spacial score (nSPS) is 15.8. The van der Waals surface area contributed by atoms with E-state index in [4.69, 9.17) is 4.74 Å². The van der Waals surface area contributed by atoms with Gasteiger partial charge >= 0.3 is 12.0 Å². The van der Waals surface area contributed by atoms with Crippen molar-refractivity contribution >= 4 is 34.7 Å². The molecular formula is C19H22N4O5. The summed E-state index contributed by atoms with van der Waals surface area (Å²) in [5, 5.41) is 6.03. The second-order valence-corrected chi connectivity index (χ2v) is 6.62. The van der Waals surface area contributed by atoms with Crippen LogP contribution in [0, 0.1) is 0 Å². The standard InChI is InChI=1S/C19H22N4O5/c1-11(17(25)23-8-7-20-19(23)27)28-18(26)16(22-12(2)24)9-13-10-21-15-6-4-3-5-14(13)15/h3-6,10-11,16,21H,7-9H2,1-2H3,(H,20,27)(H,22,24)/t11-,16-/m0/s1. The molecule has 0 radical (unpaired) electrons. The lowest BCUT2D eigenvalue weighted by Gasteiger charge is -2.21. The van der Waals surface area contributed by atoms with E-state index in [1.54, 1.807) is 6.20 Å². The lowest BCUT2D eigenvalue weighted by atomic mass is 10.0. The minimum absolute atomic E-state index is 0.202. The number of aromatic nitrogens is 1. The van der Waals surface area contributed by atoms with Crippen molar-refractivity contribution < 1.29 is 23.9 Å². The number of amides is 4. The number of carbonyl (C=O) groups is 4. The van der Waals surface area contributed by atoms with Gasteiger partial charge in [-0.15, -0.1) is 0 Å². The molecule has 9 nitrogen and oxygen atoms in total. The van der Waals surface area contributed by atoms with Crippen molar-refractivity contribution in [2.75, 3.05) is 13.1 Å². The molecule has 1 aliphatic heterocycles. The van der Waals surface area contributed by atoms with Gasteiger partial charge in [0, 0.05) is 43.5 Å². The highest BCUT2D eigenvalue weighted by molar-refractivity contribution is 5.98. The number of ether oxygens (including phenoxy) is 1. The van der Waals surface area contributed by atoms with E-state index >= 15 is 0 Å². The molecule has 148 valence electrons. The van der Waals surface area contributed by atoms with Crippen LogP contribution >= 0.6 is 0 Å². The molecule has 28 heavy (non-hydrogen) atoms. The number of H-pyrrole nitrogens is 1. The molecule has 2 heterocycles. The van der Waals surface area contributed by atoms with Gasteiger partial charge in [-0.2, -0.15) is 0 Å². The molecule has 3 rings (SSSR count). The zero-order valence-corrected chi connectivity index (χ0v) is 15.7. The summed E-state index contributed by atoms with van der Waals surface area (Å²) in [5.74, 6) is -1.72. The molecule has 0 aliphatic carbocycles. The van der Waals surface area contributed by atoms with Crippen molar-refractivity contribution in [1.82, 2.24) is 20.5 Å². The van der Waals surface area contributed by atoms with Crippen LogP contribution in [0.3, 0.4) is 0 Å². The molecule has 9 heteroatoms. The maximum Gasteiger partial charge on any atom is 0.329 e. The maximum atomic E-state index is 12.6. The first-order valence-electron chi connectivity index (χ1n) is 8.98. The fraction of sp³-hybridized carbons (Fsp3) is 0.368. The minimum atomic E-state index is -1.14. The first kappa shape index (κ1) is 19.4. The highest BCUT2D eigenvalue weighted by atomic mass is 16.5. The number of fused-ring (bicyclic) bond motifs is 1. The summed E-state index contributed by atoms with van der Waals surface area (Å²) in [5.41, 5.74) is 1.75. The summed E-state index contributed by atoms with van der Waals surface area (Å²) in [7, 11) is 0. The number of hydrogen-bond acceptors (Lipinski definition) is 5. The van der Waals surface area contributed by atoms with E-state index in [0.29, 0.717) is 6.54 Å². The summed E-state index contributed by atoms with van der Waals surface area (Å²) in [6.07, 6.45) is 0.833. The van der Waals surface area contributed by atoms with E-state index in [2.05, 4.69) is 15.6 Å². The largest absolute Gasteiger partial charge is 0.451 e. The molecule has 0 spiro atoms. The van der Waals surface area contributed by atoms with Crippen molar-refractivity contribution in [1.29, 1.82) is 0 Å². The first-order chi connectivity index (χ1) is 13.4. The number of esters is 1. The number of nitrogens with one attached hydrogen (secondary N) is 3. The van der Waals surface area contributed by atoms with Gasteiger partial charge in [0.2, 0.25) is 5.91 Å². The van der Waals surface area contributed by atoms with Gasteiger partial charge in [0.1, 0.15) is 6.04 Å². The van der Waals surface area contributed by atoms with Crippen molar-refractivity contribution in [3.8, 4) is 0 Å². The average molecular weight is 386 g/mol. The summed E-state index contributed by atoms with van der Waals surface area (Å²) in [6, 6.07) is 6.13. The minimum Gasteiger partial charge on any atom is -0.451 e. The molecule has 0 saturated carbocycles. The summed E-state index contributed by atoms with van der Waals surface area (Å²) in [4.78, 5) is 52.3. The van der Waals surface area contributed by atoms with Crippen LogP contribution < -0.4 is 10.6 Å². The van der Waals surface area contributed by atoms with Gasteiger partial charge in [0.05, 0.1) is 0 Å². The third-order valence-electron chi connectivity index (χ3n) is 4.52. The van der Waals surface area contributed by atoms with E-state index in [-0.39, 0.29) is 18.9 Å². The Balaban J connectivity index is 1.71. The van der Waals surface area contributed by atoms with E-state index < -0.39 is 30.1 Å². The number of rotatable bonds is 6. The molecule has 1 fully saturated rings. The summed E-state index contributed by atoms with van der Waals surface area (Å²) >= 11 is 0. The van der Waals surface area contributed by atoms with Crippen molar-refractivity contribution in [2.24, 2.45) is 0 Å². The molecule has 1 saturated heterocycles. The van der Waals surface area contributed by atoms with E-state index in [1.807, 2.05) is 24.3 Å². The zero-order chi connectivity index (χ0) is 20.3. The molecule has 4 amide bonds. The van der Waals surface area contributed by atoms with Crippen molar-refractivity contribution in [3.05, 3.63) is 36.0 Å². The van der Waals surface area contributed by atoms with Gasteiger partial charge in [-0.3, -0.25) is 14.5 Å². The van der Waals surface area contributed by atoms with Gasteiger partial charge in [-0.1, -0.05) is 18.2 Å². The van der Waals surface area contributed by atoms with Gasteiger partial charge in [-0.05, 0) is 18.6 Å². The third kappa shape index (κ3) is 4.13. The highest BCUT2D eigenvalue weighted by Gasteiger charge is 2.33. The number of hydrogen-bond donors (Lipinski definition) is 3. The quantitative estimate of drug-likeness (QED) is 0.631. The van der Waals surface area contributed by atoms with Crippen molar-refractivity contribution in [2.45, 2.75) is 32.4 Å². The fourth-order valence-corrected chi connectivity index (χ4v) is 3.17. The molecule has 2 aromatic rings. The Labute approximate surface area is 161 Å². The van der Waals surface area contributed by atoms with Crippen LogP contribution in [0.2, 0.25) is 0 Å². The molecular weight excluding hydrogens is 364 g/mol. The fourth-order valence-electron chi connectivity index (χ4n) is 3.17. The second kappa shape index (κ2) is 8.12. The molecule has 2 atom stereocenters. The molecule has 0 bridgehead atoms. The Hall–Kier alpha value is -3.36. The lowest BCUT2D eigenvalue weighted by Crippen LogP contribution is -2.47. The predicted octanol–water partition coefficient (Wildman–Crippen LogP) is 0.699. The monoisotopic (exact) mass is 386 g/mol. The lowest BCUT2D eigenvalue weighted by molar-refractivity contribution is -0.159. The van der Waals surface area contributed by atoms with Crippen LogP contribution in [0.5, 0.6) is 0 Å². The van der Waals surface area contributed by atoms with Crippen LogP contribution in [-0.2, 0) is 25.5 Å². The second-order valence-electron chi connectivity index (χ2n) is 6.62. The zero-order valence-electron chi connectivity index (χ0n) is 15.7. The Morgan fingerprint density at radius 1 is 1.29 bits per heavy atom. The molecule has 3 N–H and O–H groups in total. The number of aromatic amines is 1.